The van der Waals surface area contributed by atoms with Gasteiger partial charge in [-0.15, -0.1) is 12.4 Å². The van der Waals surface area contributed by atoms with E-state index in [0.29, 0.717) is 36.2 Å². The molecule has 0 N–H and O–H groups in total. The summed E-state index contributed by atoms with van der Waals surface area (Å²) in [5, 5.41) is 0.741. The van der Waals surface area contributed by atoms with E-state index in [1.54, 1.807) is 12.3 Å². The van der Waals surface area contributed by atoms with Crippen molar-refractivity contribution in [1.29, 1.82) is 0 Å². The van der Waals surface area contributed by atoms with Crippen LogP contribution in [-0.4, -0.2) is 19.9 Å². The first-order valence-electron chi connectivity index (χ1n) is 9.02. The van der Waals surface area contributed by atoms with E-state index in [1.807, 2.05) is 35.9 Å². The second-order valence-corrected chi connectivity index (χ2v) is 5.90. The Morgan fingerprint density at radius 1 is 1.39 bits per heavy atom. The van der Waals surface area contributed by atoms with Crippen LogP contribution in [0.3, 0.4) is 0 Å². The molecule has 0 fully saturated rings. The molecule has 5 heteroatoms. The molecule has 0 bridgehead atoms. The van der Waals surface area contributed by atoms with Crippen LogP contribution >= 0.6 is 12.4 Å². The second kappa shape index (κ2) is 5.85. The van der Waals surface area contributed by atoms with Gasteiger partial charge in [-0.05, 0) is 25.8 Å². The Morgan fingerprint density at radius 2 is 2.22 bits per heavy atom. The molecule has 1 atom stereocenters. The number of rotatable bonds is 2. The molecular formula is C18H20ClN3O. The Kier molecular flexibility index (Phi) is 3.15. The van der Waals surface area contributed by atoms with Crippen LogP contribution in [0.1, 0.15) is 32.4 Å². The molecule has 3 aromatic rings. The Balaban J connectivity index is 0.00000196. The number of nitrogens with zero attached hydrogens (tertiary/aromatic N) is 3. The summed E-state index contributed by atoms with van der Waals surface area (Å²) in [5.41, 5.74) is 1.84. The monoisotopic (exact) mass is 332 g/mol. The van der Waals surface area contributed by atoms with Crippen molar-refractivity contribution in [1.82, 2.24) is 14.1 Å². The summed E-state index contributed by atoms with van der Waals surface area (Å²) in [4.78, 5) is 17.4. The van der Waals surface area contributed by atoms with Gasteiger partial charge in [-0.25, -0.2) is 4.98 Å². The molecule has 1 unspecified atom stereocenters. The van der Waals surface area contributed by atoms with Gasteiger partial charge >= 0.3 is 0 Å². The van der Waals surface area contributed by atoms with Gasteiger partial charge in [0.15, 0.2) is 5.78 Å². The molecule has 0 saturated carbocycles. The number of hydrogen-bond donors (Lipinski definition) is 0. The van der Waals surface area contributed by atoms with Crippen molar-refractivity contribution in [3.8, 4) is 0 Å². The Bertz CT molecular complexity index is 974. The summed E-state index contributed by atoms with van der Waals surface area (Å²) in [6.07, 6.45) is 4.85. The van der Waals surface area contributed by atoms with Crippen molar-refractivity contribution >= 4 is 29.1 Å². The lowest BCUT2D eigenvalue weighted by Gasteiger charge is -2.23. The molecule has 1 aliphatic carbocycles. The van der Waals surface area contributed by atoms with Gasteiger partial charge in [0, 0.05) is 58.1 Å². The molecule has 2 aromatic heterocycles. The smallest absolute Gasteiger partial charge is 0.170 e. The minimum absolute atomic E-state index is 0. The van der Waals surface area contributed by atoms with E-state index in [9.17, 15) is 4.79 Å². The number of imidazole rings is 1. The Labute approximate surface area is 145 Å². The maximum Gasteiger partial charge on any atom is 0.170 e. The number of benzene rings is 1. The third kappa shape index (κ3) is 2.38. The fraction of sp³-hybridized carbons (Fsp3) is 0.333. The van der Waals surface area contributed by atoms with E-state index >= 15 is 0 Å². The predicted molar refractivity (Wildman–Crippen MR) is 93.3 cm³/mol. The topological polar surface area (TPSA) is 39.8 Å². The largest absolute Gasteiger partial charge is 0.347 e. The van der Waals surface area contributed by atoms with Crippen molar-refractivity contribution < 1.29 is 8.91 Å². The number of aromatic nitrogens is 3. The quantitative estimate of drug-likeness (QED) is 0.720. The minimum Gasteiger partial charge on any atom is -0.347 e. The lowest BCUT2D eigenvalue weighted by atomic mass is 9.85. The van der Waals surface area contributed by atoms with E-state index in [-0.39, 0.29) is 24.1 Å². The van der Waals surface area contributed by atoms with Crippen LogP contribution in [0.15, 0.2) is 36.7 Å². The molecular weight excluding hydrogens is 310 g/mol. The van der Waals surface area contributed by atoms with Crippen LogP contribution in [0.5, 0.6) is 0 Å². The number of fused-ring (bicyclic) bond motifs is 3. The van der Waals surface area contributed by atoms with Gasteiger partial charge in [-0.2, -0.15) is 0 Å². The van der Waals surface area contributed by atoms with Crippen LogP contribution in [0.2, 0.25) is 0 Å². The van der Waals surface area contributed by atoms with Crippen LogP contribution in [0.4, 0.5) is 0 Å². The molecule has 0 radical (unpaired) electrons. The Morgan fingerprint density at radius 3 is 2.96 bits per heavy atom. The van der Waals surface area contributed by atoms with Crippen LogP contribution in [-0.2, 0) is 19.9 Å². The Hall–Kier alpha value is -2.07. The number of carbonyl (C=O) groups excluding carboxylic acids is 1. The normalized spacial score (nSPS) is 19.6. The van der Waals surface area contributed by atoms with E-state index in [2.05, 4.69) is 4.98 Å². The van der Waals surface area contributed by atoms with E-state index in [1.165, 1.54) is 4.57 Å². The highest BCUT2D eigenvalue weighted by Gasteiger charge is 2.32. The standard InChI is InChI=1S/C18H19N3O.ClH/c1-12-19-9-10-21(12)11-13-7-8-16-17(18(13)22)14-5-3-4-6-15(14)20(16)2;/h3-6,9-10,13H,7-8,11H2,1-2H3;1H/i2D3;. The van der Waals surface area contributed by atoms with Crippen molar-refractivity contribution in [2.45, 2.75) is 26.3 Å². The van der Waals surface area contributed by atoms with Gasteiger partial charge in [0.1, 0.15) is 5.82 Å². The first-order chi connectivity index (χ1) is 11.9. The number of aryl methyl sites for hydroxylation is 2. The number of halogens is 1. The van der Waals surface area contributed by atoms with Crippen molar-refractivity contribution in [2.24, 2.45) is 12.9 Å². The average molecular weight is 333 g/mol. The summed E-state index contributed by atoms with van der Waals surface area (Å²) < 4.78 is 27.0. The van der Waals surface area contributed by atoms with Crippen molar-refractivity contribution in [3.63, 3.8) is 0 Å². The second-order valence-electron chi connectivity index (χ2n) is 5.90. The zero-order valence-corrected chi connectivity index (χ0v) is 13.6. The number of hydrogen-bond acceptors (Lipinski definition) is 2. The molecule has 23 heavy (non-hydrogen) atoms. The minimum atomic E-state index is -2.29. The summed E-state index contributed by atoms with van der Waals surface area (Å²) >= 11 is 0. The molecule has 0 amide bonds. The molecule has 1 aliphatic rings. The average Bonchev–Trinajstić information content (AvgIpc) is 3.11. The SMILES string of the molecule is Cl.[2H]C([2H])([2H])n1c2c(c3ccccc31)C(=O)C(Cn1ccnc1C)CC2. The lowest BCUT2D eigenvalue weighted by molar-refractivity contribution is 0.0888. The number of carbonyl (C=O) groups is 1. The van der Waals surface area contributed by atoms with Gasteiger partial charge in [0.2, 0.25) is 0 Å². The van der Waals surface area contributed by atoms with Crippen LogP contribution < -0.4 is 0 Å². The van der Waals surface area contributed by atoms with Gasteiger partial charge in [-0.1, -0.05) is 18.2 Å². The third-order valence-electron chi connectivity index (χ3n) is 4.66. The predicted octanol–water partition coefficient (Wildman–Crippen LogP) is 3.55. The number of para-hydroxylation sites is 1. The summed E-state index contributed by atoms with van der Waals surface area (Å²) in [7, 11) is 0. The highest BCUT2D eigenvalue weighted by molar-refractivity contribution is 6.11. The maximum absolute atomic E-state index is 13.2. The van der Waals surface area contributed by atoms with Gasteiger partial charge in [-0.3, -0.25) is 4.79 Å². The van der Waals surface area contributed by atoms with E-state index in [4.69, 9.17) is 4.11 Å². The van der Waals surface area contributed by atoms with Gasteiger partial charge in [0.25, 0.3) is 0 Å². The molecule has 0 saturated heterocycles. The van der Waals surface area contributed by atoms with Crippen LogP contribution in [0, 0.1) is 12.8 Å². The molecule has 0 aliphatic heterocycles. The van der Waals surface area contributed by atoms with Crippen molar-refractivity contribution in [2.75, 3.05) is 0 Å². The molecule has 120 valence electrons. The highest BCUT2D eigenvalue weighted by atomic mass is 35.5. The first kappa shape index (κ1) is 12.4. The lowest BCUT2D eigenvalue weighted by Crippen LogP contribution is -2.27. The summed E-state index contributed by atoms with van der Waals surface area (Å²) in [6, 6.07) is 7.29. The van der Waals surface area contributed by atoms with Crippen LogP contribution in [0.25, 0.3) is 10.9 Å². The van der Waals surface area contributed by atoms with E-state index in [0.717, 1.165) is 11.2 Å². The molecule has 4 nitrogen and oxygen atoms in total. The summed E-state index contributed by atoms with van der Waals surface area (Å²) in [6.45, 7) is 0.206. The summed E-state index contributed by atoms with van der Waals surface area (Å²) in [5.74, 6) is 0.758. The zero-order valence-electron chi connectivity index (χ0n) is 15.8. The molecule has 4 rings (SSSR count). The van der Waals surface area contributed by atoms with E-state index < -0.39 is 6.98 Å². The fourth-order valence-electron chi connectivity index (χ4n) is 3.46. The number of Topliss-reactive ketones (excluding diaryl/α,β-unsaturated/α-hetero) is 1. The highest BCUT2D eigenvalue weighted by Crippen LogP contribution is 2.34. The van der Waals surface area contributed by atoms with Gasteiger partial charge in [0.05, 0.1) is 0 Å². The fourth-order valence-corrected chi connectivity index (χ4v) is 3.46. The van der Waals surface area contributed by atoms with Gasteiger partial charge < -0.3 is 9.13 Å². The third-order valence-corrected chi connectivity index (χ3v) is 4.66. The molecule has 2 heterocycles. The molecule has 1 aromatic carbocycles. The zero-order chi connectivity index (χ0) is 17.8. The maximum atomic E-state index is 13.2. The molecule has 0 spiro atoms. The van der Waals surface area contributed by atoms with Crippen molar-refractivity contribution in [3.05, 3.63) is 53.7 Å². The number of ketones is 1. The first-order valence-corrected chi connectivity index (χ1v) is 7.52.